The zero-order chi connectivity index (χ0) is 18.1. The Hall–Kier alpha value is -2.80. The zero-order valence-corrected chi connectivity index (χ0v) is 13.8. The van der Waals surface area contributed by atoms with Crippen molar-refractivity contribution in [1.82, 2.24) is 19.9 Å². The van der Waals surface area contributed by atoms with Crippen LogP contribution in [-0.4, -0.2) is 26.4 Å². The van der Waals surface area contributed by atoms with Crippen LogP contribution < -0.4 is 0 Å². The minimum absolute atomic E-state index is 0.000770. The highest BCUT2D eigenvalue weighted by Crippen LogP contribution is 2.24. The molecule has 0 spiro atoms. The molecule has 3 heterocycles. The van der Waals surface area contributed by atoms with E-state index >= 15 is 0 Å². The van der Waals surface area contributed by atoms with E-state index in [-0.39, 0.29) is 12.1 Å². The second-order valence-electron chi connectivity index (χ2n) is 6.19. The summed E-state index contributed by atoms with van der Waals surface area (Å²) in [5.41, 5.74) is 2.40. The van der Waals surface area contributed by atoms with E-state index in [2.05, 4.69) is 15.0 Å². The molecule has 3 aromatic rings. The Labute approximate surface area is 148 Å². The van der Waals surface area contributed by atoms with Crippen molar-refractivity contribution in [1.29, 1.82) is 0 Å². The van der Waals surface area contributed by atoms with E-state index in [4.69, 9.17) is 0 Å². The minimum atomic E-state index is -1.13. The summed E-state index contributed by atoms with van der Waals surface area (Å²) in [6.07, 6.45) is 5.75. The van der Waals surface area contributed by atoms with Crippen molar-refractivity contribution in [2.75, 3.05) is 6.54 Å². The molecule has 1 aliphatic heterocycles. The Kier molecular flexibility index (Phi) is 4.38. The smallest absolute Gasteiger partial charge is 0.166 e. The van der Waals surface area contributed by atoms with Gasteiger partial charge in [-0.1, -0.05) is 0 Å². The van der Waals surface area contributed by atoms with E-state index in [1.54, 1.807) is 18.6 Å². The fourth-order valence-corrected chi connectivity index (χ4v) is 3.08. The maximum atomic E-state index is 13.9. The number of aromatic nitrogens is 3. The number of hydrogen-bond acceptors (Lipinski definition) is 4. The van der Waals surface area contributed by atoms with E-state index in [1.165, 1.54) is 0 Å². The van der Waals surface area contributed by atoms with Crippen LogP contribution in [0.3, 0.4) is 0 Å². The third kappa shape index (κ3) is 3.17. The van der Waals surface area contributed by atoms with E-state index < -0.39 is 17.5 Å². The minimum Gasteiger partial charge on any atom is -0.294 e. The summed E-state index contributed by atoms with van der Waals surface area (Å²) >= 11 is 0. The van der Waals surface area contributed by atoms with Gasteiger partial charge in [0.25, 0.3) is 0 Å². The molecule has 2 aromatic heterocycles. The summed E-state index contributed by atoms with van der Waals surface area (Å²) in [6.45, 7) is 1.03. The van der Waals surface area contributed by atoms with E-state index in [0.29, 0.717) is 25.3 Å². The molecule has 26 heavy (non-hydrogen) atoms. The molecule has 4 nitrogen and oxygen atoms in total. The molecule has 0 atom stereocenters. The maximum Gasteiger partial charge on any atom is 0.166 e. The SMILES string of the molecule is Fc1ccc(F)c(CN2CCc3nc(-c4cccnc4)ncc3C2)c1F. The van der Waals surface area contributed by atoms with Crippen LogP contribution in [0.4, 0.5) is 13.2 Å². The van der Waals surface area contributed by atoms with Crippen molar-refractivity contribution in [2.24, 2.45) is 0 Å². The average Bonchev–Trinajstić information content (AvgIpc) is 2.68. The fourth-order valence-electron chi connectivity index (χ4n) is 3.08. The molecule has 0 amide bonds. The molecular formula is C19H15F3N4. The first-order valence-electron chi connectivity index (χ1n) is 8.22. The molecule has 4 rings (SSSR count). The Bertz CT molecular complexity index is 947. The molecule has 132 valence electrons. The lowest BCUT2D eigenvalue weighted by atomic mass is 10.1. The molecular weight excluding hydrogens is 341 g/mol. The van der Waals surface area contributed by atoms with Gasteiger partial charge in [-0.25, -0.2) is 23.1 Å². The van der Waals surface area contributed by atoms with Crippen molar-refractivity contribution in [3.05, 3.63) is 77.1 Å². The zero-order valence-electron chi connectivity index (χ0n) is 13.8. The van der Waals surface area contributed by atoms with Crippen molar-refractivity contribution in [3.8, 4) is 11.4 Å². The predicted molar refractivity (Wildman–Crippen MR) is 89.4 cm³/mol. The molecule has 0 saturated carbocycles. The van der Waals surface area contributed by atoms with Gasteiger partial charge in [-0.3, -0.25) is 9.88 Å². The van der Waals surface area contributed by atoms with Gasteiger partial charge in [-0.2, -0.15) is 0 Å². The van der Waals surface area contributed by atoms with Crippen LogP contribution in [0.25, 0.3) is 11.4 Å². The van der Waals surface area contributed by atoms with Gasteiger partial charge in [0.1, 0.15) is 5.82 Å². The van der Waals surface area contributed by atoms with Crippen LogP contribution in [0.2, 0.25) is 0 Å². The fraction of sp³-hybridized carbons (Fsp3) is 0.211. The van der Waals surface area contributed by atoms with Crippen LogP contribution in [0.5, 0.6) is 0 Å². The Balaban J connectivity index is 1.55. The Morgan fingerprint density at radius 3 is 2.69 bits per heavy atom. The van der Waals surface area contributed by atoms with Crippen LogP contribution in [-0.2, 0) is 19.5 Å². The molecule has 7 heteroatoms. The van der Waals surface area contributed by atoms with Gasteiger partial charge < -0.3 is 0 Å². The monoisotopic (exact) mass is 356 g/mol. The molecule has 1 aromatic carbocycles. The average molecular weight is 356 g/mol. The summed E-state index contributed by atoms with van der Waals surface area (Å²) in [5.74, 6) is -2.30. The number of halogens is 3. The lowest BCUT2D eigenvalue weighted by molar-refractivity contribution is 0.234. The predicted octanol–water partition coefficient (Wildman–Crippen LogP) is 3.51. The van der Waals surface area contributed by atoms with Crippen LogP contribution in [0.1, 0.15) is 16.8 Å². The number of rotatable bonds is 3. The number of fused-ring (bicyclic) bond motifs is 1. The van der Waals surface area contributed by atoms with Gasteiger partial charge in [-0.05, 0) is 24.3 Å². The number of pyridine rings is 1. The molecule has 0 bridgehead atoms. The number of hydrogen-bond donors (Lipinski definition) is 0. The third-order valence-corrected chi connectivity index (χ3v) is 4.45. The summed E-state index contributed by atoms with van der Waals surface area (Å²) < 4.78 is 41.1. The van der Waals surface area contributed by atoms with Crippen LogP contribution in [0.15, 0.2) is 42.9 Å². The van der Waals surface area contributed by atoms with Gasteiger partial charge in [0, 0.05) is 61.3 Å². The molecule has 1 aliphatic rings. The molecule has 0 radical (unpaired) electrons. The highest BCUT2D eigenvalue weighted by Gasteiger charge is 2.22. The Morgan fingerprint density at radius 2 is 1.88 bits per heavy atom. The lowest BCUT2D eigenvalue weighted by Gasteiger charge is -2.28. The van der Waals surface area contributed by atoms with Crippen molar-refractivity contribution >= 4 is 0 Å². The first kappa shape index (κ1) is 16.7. The number of nitrogens with zero attached hydrogens (tertiary/aromatic N) is 4. The van der Waals surface area contributed by atoms with Crippen molar-refractivity contribution < 1.29 is 13.2 Å². The Morgan fingerprint density at radius 1 is 1.04 bits per heavy atom. The van der Waals surface area contributed by atoms with Crippen molar-refractivity contribution in [3.63, 3.8) is 0 Å². The van der Waals surface area contributed by atoms with Gasteiger partial charge in [0.15, 0.2) is 17.5 Å². The van der Waals surface area contributed by atoms with Crippen LogP contribution >= 0.6 is 0 Å². The third-order valence-electron chi connectivity index (χ3n) is 4.45. The summed E-state index contributed by atoms with van der Waals surface area (Å²) in [6, 6.07) is 5.46. The normalized spacial score (nSPS) is 14.3. The quantitative estimate of drug-likeness (QED) is 0.674. The van der Waals surface area contributed by atoms with Crippen molar-refractivity contribution in [2.45, 2.75) is 19.5 Å². The van der Waals surface area contributed by atoms with Gasteiger partial charge in [0.05, 0.1) is 5.69 Å². The molecule has 0 saturated heterocycles. The summed E-state index contributed by atoms with van der Waals surface area (Å²) in [7, 11) is 0. The molecule has 0 fully saturated rings. The molecule has 0 aliphatic carbocycles. The largest absolute Gasteiger partial charge is 0.294 e. The lowest BCUT2D eigenvalue weighted by Crippen LogP contribution is -2.31. The highest BCUT2D eigenvalue weighted by atomic mass is 19.2. The van der Waals surface area contributed by atoms with Crippen LogP contribution in [0, 0.1) is 17.5 Å². The van der Waals surface area contributed by atoms with Gasteiger partial charge >= 0.3 is 0 Å². The van der Waals surface area contributed by atoms with Gasteiger partial charge in [-0.15, -0.1) is 0 Å². The second-order valence-corrected chi connectivity index (χ2v) is 6.19. The molecule has 0 unspecified atom stereocenters. The van der Waals surface area contributed by atoms with E-state index in [1.807, 2.05) is 17.0 Å². The van der Waals surface area contributed by atoms with E-state index in [9.17, 15) is 13.2 Å². The summed E-state index contributed by atoms with van der Waals surface area (Å²) in [5, 5.41) is 0. The number of benzene rings is 1. The maximum absolute atomic E-state index is 13.9. The first-order valence-corrected chi connectivity index (χ1v) is 8.22. The highest BCUT2D eigenvalue weighted by molar-refractivity contribution is 5.53. The van der Waals surface area contributed by atoms with Gasteiger partial charge in [0.2, 0.25) is 0 Å². The topological polar surface area (TPSA) is 41.9 Å². The first-order chi connectivity index (χ1) is 12.6. The van der Waals surface area contributed by atoms with E-state index in [0.717, 1.165) is 29.0 Å². The molecule has 0 N–H and O–H groups in total. The second kappa shape index (κ2) is 6.84. The summed E-state index contributed by atoms with van der Waals surface area (Å²) in [4.78, 5) is 14.9. The standard InChI is InChI=1S/C19H15F3N4/c20-15-3-4-16(21)18(22)14(15)11-26-7-5-17-13(10-26)9-24-19(25-17)12-2-1-6-23-8-12/h1-4,6,8-9H,5,7,10-11H2.